The number of rotatable bonds is 5. The Morgan fingerprint density at radius 2 is 1.65 bits per heavy atom. The van der Waals surface area contributed by atoms with Crippen molar-refractivity contribution in [2.45, 2.75) is 68.9 Å². The zero-order valence-electron chi connectivity index (χ0n) is 18.3. The molecule has 4 rings (SSSR count). The van der Waals surface area contributed by atoms with Gasteiger partial charge < -0.3 is 15.4 Å². The Balaban J connectivity index is 1.63. The molecule has 184 valence electrons. The van der Waals surface area contributed by atoms with E-state index >= 15 is 0 Å². The Kier molecular flexibility index (Phi) is 6.41. The zero-order valence-corrected chi connectivity index (χ0v) is 18.3. The van der Waals surface area contributed by atoms with Gasteiger partial charge in [-0.3, -0.25) is 4.79 Å². The van der Waals surface area contributed by atoms with E-state index in [1.807, 2.05) is 30.3 Å². The molecule has 1 amide bonds. The fourth-order valence-corrected chi connectivity index (χ4v) is 5.11. The fourth-order valence-electron chi connectivity index (χ4n) is 5.11. The molecule has 2 heterocycles. The Labute approximate surface area is 192 Å². The molecule has 2 aromatic rings. The first-order chi connectivity index (χ1) is 15.9. The summed E-state index contributed by atoms with van der Waals surface area (Å²) >= 11 is 0. The topological polar surface area (TPSA) is 50.4 Å². The molecule has 2 N–H and O–H groups in total. The Morgan fingerprint density at radius 1 is 1.03 bits per heavy atom. The summed E-state index contributed by atoms with van der Waals surface area (Å²) in [5.41, 5.74) is -2.79. The second kappa shape index (κ2) is 8.88. The largest absolute Gasteiger partial charge is 0.416 e. The molecule has 2 aliphatic heterocycles. The number of hydrogen-bond donors (Lipinski definition) is 2. The molecule has 0 saturated carbocycles. The lowest BCUT2D eigenvalue weighted by Gasteiger charge is -2.42. The van der Waals surface area contributed by atoms with E-state index in [1.54, 1.807) is 0 Å². The van der Waals surface area contributed by atoms with E-state index in [-0.39, 0.29) is 29.6 Å². The summed E-state index contributed by atoms with van der Waals surface area (Å²) in [5, 5.41) is 6.48. The van der Waals surface area contributed by atoms with E-state index in [0.29, 0.717) is 31.4 Å². The van der Waals surface area contributed by atoms with Crippen molar-refractivity contribution in [3.05, 3.63) is 70.8 Å². The third-order valence-electron chi connectivity index (χ3n) is 6.54. The molecule has 4 unspecified atom stereocenters. The van der Waals surface area contributed by atoms with Crippen molar-refractivity contribution >= 4 is 5.91 Å². The fraction of sp³-hybridized carbons (Fsp3) is 0.458. The van der Waals surface area contributed by atoms with E-state index in [1.165, 1.54) is 6.92 Å². The van der Waals surface area contributed by atoms with Crippen molar-refractivity contribution in [1.82, 2.24) is 10.6 Å². The van der Waals surface area contributed by atoms with E-state index < -0.39 is 41.7 Å². The van der Waals surface area contributed by atoms with Gasteiger partial charge in [-0.25, -0.2) is 0 Å². The van der Waals surface area contributed by atoms with Crippen LogP contribution in [0.25, 0.3) is 0 Å². The Morgan fingerprint density at radius 3 is 2.21 bits per heavy atom. The Hall–Kier alpha value is -2.59. The number of nitrogens with one attached hydrogen (secondary N) is 2. The van der Waals surface area contributed by atoms with Crippen molar-refractivity contribution in [3.8, 4) is 0 Å². The molecule has 34 heavy (non-hydrogen) atoms. The molecule has 2 saturated heterocycles. The highest BCUT2D eigenvalue weighted by Crippen LogP contribution is 2.45. The number of fused-ring (bicyclic) bond motifs is 2. The van der Waals surface area contributed by atoms with Gasteiger partial charge in [0.25, 0.3) is 0 Å². The lowest BCUT2D eigenvalue weighted by atomic mass is 9.80. The van der Waals surface area contributed by atoms with Crippen LogP contribution in [0.1, 0.15) is 48.4 Å². The number of carbonyl (C=O) groups excluding carboxylic acids is 1. The number of hydrogen-bond acceptors (Lipinski definition) is 3. The smallest absolute Gasteiger partial charge is 0.371 e. The van der Waals surface area contributed by atoms with Crippen molar-refractivity contribution in [2.24, 2.45) is 0 Å². The summed E-state index contributed by atoms with van der Waals surface area (Å²) in [5.74, 6) is -0.177. The van der Waals surface area contributed by atoms with Crippen LogP contribution in [0.2, 0.25) is 0 Å². The lowest BCUT2D eigenvalue weighted by Crippen LogP contribution is -2.55. The van der Waals surface area contributed by atoms with E-state index in [0.717, 1.165) is 5.56 Å². The maximum atomic E-state index is 13.2. The Bertz CT molecular complexity index is 1010. The maximum Gasteiger partial charge on any atom is 0.416 e. The molecule has 0 aromatic heterocycles. The van der Waals surface area contributed by atoms with Crippen LogP contribution in [0.3, 0.4) is 0 Å². The first-order valence-corrected chi connectivity index (χ1v) is 10.9. The molecule has 0 spiro atoms. The molecule has 4 nitrogen and oxygen atoms in total. The summed E-state index contributed by atoms with van der Waals surface area (Å²) < 4.78 is 85.4. The highest BCUT2D eigenvalue weighted by atomic mass is 19.4. The van der Waals surface area contributed by atoms with Gasteiger partial charge in [-0.15, -0.1) is 0 Å². The van der Waals surface area contributed by atoms with Gasteiger partial charge in [0.2, 0.25) is 5.91 Å². The van der Waals surface area contributed by atoms with Crippen molar-refractivity contribution in [3.63, 3.8) is 0 Å². The molecule has 4 atom stereocenters. The quantitative estimate of drug-likeness (QED) is 0.574. The van der Waals surface area contributed by atoms with E-state index in [2.05, 4.69) is 10.6 Å². The van der Waals surface area contributed by atoms with Crippen LogP contribution >= 0.6 is 0 Å². The summed E-state index contributed by atoms with van der Waals surface area (Å²) in [6.07, 6.45) is -8.69. The highest BCUT2D eigenvalue weighted by Gasteiger charge is 2.54. The standard InChI is InChI=1S/C24H24F6N2O2/c1-14(33)31-20-12-22(16-5-3-2-4-6-16)21(8-7-19(20)32-22)34-13-15-9-17(23(25,26)27)11-18(10-15)24(28,29)30/h2-6,9-11,19-21,32H,7-8,12-13H2,1H3,(H,31,33). The van der Waals surface area contributed by atoms with Crippen LogP contribution in [0.15, 0.2) is 48.5 Å². The molecule has 10 heteroatoms. The monoisotopic (exact) mass is 486 g/mol. The SMILES string of the molecule is CC(=O)NC1CC2(c3ccccc3)NC1CCC2OCc1cc(C(F)(F)F)cc(C(F)(F)F)c1. The third kappa shape index (κ3) is 4.93. The van der Waals surface area contributed by atoms with Crippen LogP contribution in [0.5, 0.6) is 0 Å². The summed E-state index contributed by atoms with van der Waals surface area (Å²) in [6.45, 7) is 1.01. The van der Waals surface area contributed by atoms with Gasteiger partial charge in [0.1, 0.15) is 0 Å². The van der Waals surface area contributed by atoms with Crippen molar-refractivity contribution in [2.75, 3.05) is 0 Å². The van der Waals surface area contributed by atoms with E-state index in [4.69, 9.17) is 4.74 Å². The second-order valence-electron chi connectivity index (χ2n) is 8.89. The minimum absolute atomic E-state index is 0.0191. The van der Waals surface area contributed by atoms with Gasteiger partial charge >= 0.3 is 12.4 Å². The second-order valence-corrected chi connectivity index (χ2v) is 8.89. The predicted octanol–water partition coefficient (Wildman–Crippen LogP) is 5.17. The molecular weight excluding hydrogens is 462 g/mol. The maximum absolute atomic E-state index is 13.2. The summed E-state index contributed by atoms with van der Waals surface area (Å²) in [7, 11) is 0. The lowest BCUT2D eigenvalue weighted by molar-refractivity contribution is -0.143. The number of alkyl halides is 6. The molecule has 2 bridgehead atoms. The average molecular weight is 486 g/mol. The molecule has 2 aliphatic rings. The van der Waals surface area contributed by atoms with Crippen LogP contribution in [-0.4, -0.2) is 24.1 Å². The first kappa shape index (κ1) is 24.5. The van der Waals surface area contributed by atoms with Gasteiger partial charge in [0.05, 0.1) is 29.4 Å². The van der Waals surface area contributed by atoms with Crippen LogP contribution < -0.4 is 10.6 Å². The first-order valence-electron chi connectivity index (χ1n) is 10.9. The number of benzene rings is 2. The summed E-state index contributed by atoms with van der Waals surface area (Å²) in [4.78, 5) is 11.7. The number of carbonyl (C=O) groups is 1. The van der Waals surface area contributed by atoms with Crippen LogP contribution in [0.4, 0.5) is 26.3 Å². The van der Waals surface area contributed by atoms with E-state index in [9.17, 15) is 31.1 Å². The molecular formula is C24H24F6N2O2. The van der Waals surface area contributed by atoms with Crippen LogP contribution in [0, 0.1) is 0 Å². The number of amides is 1. The van der Waals surface area contributed by atoms with Gasteiger partial charge in [0, 0.05) is 19.0 Å². The van der Waals surface area contributed by atoms with Crippen LogP contribution in [-0.2, 0) is 34.0 Å². The molecule has 0 aliphatic carbocycles. The van der Waals surface area contributed by atoms with Crippen molar-refractivity contribution in [1.29, 1.82) is 0 Å². The van der Waals surface area contributed by atoms with Gasteiger partial charge in [-0.2, -0.15) is 26.3 Å². The third-order valence-corrected chi connectivity index (χ3v) is 6.54. The van der Waals surface area contributed by atoms with Crippen molar-refractivity contribution < 1.29 is 35.9 Å². The number of halogens is 6. The number of piperidine rings is 1. The average Bonchev–Trinajstić information content (AvgIpc) is 3.05. The number of ether oxygens (including phenoxy) is 1. The molecule has 2 aromatic carbocycles. The summed E-state index contributed by atoms with van der Waals surface area (Å²) in [6, 6.07) is 10.6. The normalized spacial score (nSPS) is 27.0. The highest BCUT2D eigenvalue weighted by molar-refractivity contribution is 5.73. The molecule has 0 radical (unpaired) electrons. The van der Waals surface area contributed by atoms with Gasteiger partial charge in [-0.1, -0.05) is 30.3 Å². The predicted molar refractivity (Wildman–Crippen MR) is 112 cm³/mol. The van der Waals surface area contributed by atoms with Gasteiger partial charge in [-0.05, 0) is 48.6 Å². The zero-order chi connectivity index (χ0) is 24.7. The van der Waals surface area contributed by atoms with Gasteiger partial charge in [0.15, 0.2) is 0 Å². The minimum atomic E-state index is -4.92. The molecule has 2 fully saturated rings. The minimum Gasteiger partial charge on any atom is -0.371 e.